The largest absolute Gasteiger partial charge is 0.477 e. The Balaban J connectivity index is 2.47. The SMILES string of the molecule is C[C@]1(I)CC1n1cccc(C(=O)O)c1=O. The number of aromatic nitrogens is 1. The molecular weight excluding hydrogens is 309 g/mol. The van der Waals surface area contributed by atoms with Crippen LogP contribution in [0.25, 0.3) is 0 Å². The second-order valence-electron chi connectivity index (χ2n) is 3.94. The van der Waals surface area contributed by atoms with Gasteiger partial charge in [0.05, 0.1) is 6.04 Å². The zero-order valence-electron chi connectivity index (χ0n) is 8.11. The van der Waals surface area contributed by atoms with Crippen molar-refractivity contribution in [1.82, 2.24) is 4.57 Å². The predicted octanol–water partition coefficient (Wildman–Crippen LogP) is 1.68. The molecule has 2 rings (SSSR count). The summed E-state index contributed by atoms with van der Waals surface area (Å²) in [6.45, 7) is 2.05. The summed E-state index contributed by atoms with van der Waals surface area (Å²) < 4.78 is 1.61. The second kappa shape index (κ2) is 3.33. The lowest BCUT2D eigenvalue weighted by Crippen LogP contribution is -2.26. The van der Waals surface area contributed by atoms with E-state index in [0.717, 1.165) is 6.42 Å². The number of nitrogens with zero attached hydrogens (tertiary/aromatic N) is 1. The maximum absolute atomic E-state index is 11.8. The third-order valence-corrected chi connectivity index (χ3v) is 3.83. The number of pyridine rings is 1. The minimum absolute atomic E-state index is 0.0821. The number of alkyl halides is 1. The molecule has 1 fully saturated rings. The summed E-state index contributed by atoms with van der Waals surface area (Å²) >= 11 is 2.29. The summed E-state index contributed by atoms with van der Waals surface area (Å²) in [6, 6.07) is 3.08. The first-order chi connectivity index (χ1) is 6.93. The lowest BCUT2D eigenvalue weighted by Gasteiger charge is -2.06. The molecule has 1 aliphatic carbocycles. The van der Waals surface area contributed by atoms with Gasteiger partial charge in [-0.3, -0.25) is 4.79 Å². The van der Waals surface area contributed by atoms with Crippen molar-refractivity contribution in [2.45, 2.75) is 22.8 Å². The van der Waals surface area contributed by atoms with Crippen molar-refractivity contribution < 1.29 is 9.90 Å². The molecule has 1 unspecified atom stereocenters. The molecule has 1 saturated carbocycles. The molecule has 0 amide bonds. The Kier molecular flexibility index (Phi) is 2.37. The van der Waals surface area contributed by atoms with Crippen LogP contribution in [-0.2, 0) is 0 Å². The highest BCUT2D eigenvalue weighted by atomic mass is 127. The van der Waals surface area contributed by atoms with E-state index >= 15 is 0 Å². The molecule has 0 spiro atoms. The van der Waals surface area contributed by atoms with Gasteiger partial charge in [0.15, 0.2) is 0 Å². The van der Waals surface area contributed by atoms with Crippen LogP contribution in [-0.4, -0.2) is 19.1 Å². The van der Waals surface area contributed by atoms with Gasteiger partial charge in [0.1, 0.15) is 5.56 Å². The maximum Gasteiger partial charge on any atom is 0.341 e. The van der Waals surface area contributed by atoms with E-state index in [0.29, 0.717) is 0 Å². The van der Waals surface area contributed by atoms with E-state index in [4.69, 9.17) is 5.11 Å². The zero-order chi connectivity index (χ0) is 11.2. The first-order valence-corrected chi connectivity index (χ1v) is 5.65. The molecule has 15 heavy (non-hydrogen) atoms. The monoisotopic (exact) mass is 319 g/mol. The normalized spacial score (nSPS) is 28.8. The molecule has 0 bridgehead atoms. The molecular formula is C10H10INO3. The zero-order valence-corrected chi connectivity index (χ0v) is 10.3. The highest BCUT2D eigenvalue weighted by molar-refractivity contribution is 14.1. The van der Waals surface area contributed by atoms with Gasteiger partial charge in [-0.05, 0) is 25.5 Å². The molecule has 0 saturated heterocycles. The van der Waals surface area contributed by atoms with Crippen molar-refractivity contribution >= 4 is 28.6 Å². The van der Waals surface area contributed by atoms with Crippen molar-refractivity contribution in [3.05, 3.63) is 34.2 Å². The summed E-state index contributed by atoms with van der Waals surface area (Å²) in [5.74, 6) is -1.16. The van der Waals surface area contributed by atoms with Gasteiger partial charge < -0.3 is 9.67 Å². The number of rotatable bonds is 2. The summed E-state index contributed by atoms with van der Waals surface area (Å²) in [4.78, 5) is 22.5. The van der Waals surface area contributed by atoms with E-state index in [1.807, 2.05) is 0 Å². The van der Waals surface area contributed by atoms with Gasteiger partial charge in [-0.15, -0.1) is 0 Å². The van der Waals surface area contributed by atoms with E-state index < -0.39 is 11.5 Å². The summed E-state index contributed by atoms with van der Waals surface area (Å²) in [6.07, 6.45) is 2.57. The Morgan fingerprint density at radius 2 is 2.33 bits per heavy atom. The fourth-order valence-corrected chi connectivity index (χ4v) is 2.34. The van der Waals surface area contributed by atoms with Gasteiger partial charge in [0, 0.05) is 9.62 Å². The Bertz CT molecular complexity index is 478. The Morgan fingerprint density at radius 3 is 2.80 bits per heavy atom. The number of halogens is 1. The van der Waals surface area contributed by atoms with Crippen molar-refractivity contribution in [2.24, 2.45) is 0 Å². The molecule has 1 aromatic rings. The quantitative estimate of drug-likeness (QED) is 0.666. The third-order valence-electron chi connectivity index (χ3n) is 2.67. The molecule has 0 aromatic carbocycles. The molecule has 1 heterocycles. The van der Waals surface area contributed by atoms with Crippen molar-refractivity contribution in [1.29, 1.82) is 0 Å². The van der Waals surface area contributed by atoms with Crippen LogP contribution in [0.4, 0.5) is 0 Å². The van der Waals surface area contributed by atoms with Gasteiger partial charge in [0.2, 0.25) is 0 Å². The first kappa shape index (κ1) is 10.7. The van der Waals surface area contributed by atoms with Crippen LogP contribution >= 0.6 is 22.6 Å². The molecule has 4 nitrogen and oxygen atoms in total. The number of hydrogen-bond donors (Lipinski definition) is 1. The molecule has 0 radical (unpaired) electrons. The average molecular weight is 319 g/mol. The van der Waals surface area contributed by atoms with Gasteiger partial charge in [-0.2, -0.15) is 0 Å². The topological polar surface area (TPSA) is 59.3 Å². The number of carbonyl (C=O) groups is 1. The summed E-state index contributed by atoms with van der Waals surface area (Å²) in [7, 11) is 0. The summed E-state index contributed by atoms with van der Waals surface area (Å²) in [5, 5.41) is 8.81. The van der Waals surface area contributed by atoms with Crippen LogP contribution in [0.1, 0.15) is 29.7 Å². The fourth-order valence-electron chi connectivity index (χ4n) is 1.63. The maximum atomic E-state index is 11.8. The Labute approximate surface area is 100 Å². The third kappa shape index (κ3) is 1.80. The van der Waals surface area contributed by atoms with Crippen LogP contribution in [0, 0.1) is 0 Å². The van der Waals surface area contributed by atoms with Gasteiger partial charge >= 0.3 is 5.97 Å². The minimum atomic E-state index is -1.16. The van der Waals surface area contributed by atoms with Crippen LogP contribution in [0.3, 0.4) is 0 Å². The van der Waals surface area contributed by atoms with Gasteiger partial charge in [-0.1, -0.05) is 22.6 Å². The van der Waals surface area contributed by atoms with Crippen LogP contribution in [0.15, 0.2) is 23.1 Å². The number of carboxylic acids is 1. The smallest absolute Gasteiger partial charge is 0.341 e. The molecule has 80 valence electrons. The van der Waals surface area contributed by atoms with Gasteiger partial charge in [-0.25, -0.2) is 4.79 Å². The predicted molar refractivity (Wildman–Crippen MR) is 63.7 cm³/mol. The standard InChI is InChI=1S/C10H10INO3/c1-10(11)5-7(10)12-4-2-3-6(8(12)13)9(14)15/h2-4,7H,5H2,1H3,(H,14,15)/t7?,10-/m0/s1. The fraction of sp³-hybridized carbons (Fsp3) is 0.400. The molecule has 1 aromatic heterocycles. The van der Waals surface area contributed by atoms with Crippen LogP contribution < -0.4 is 5.56 Å². The average Bonchev–Trinajstić information content (AvgIpc) is 2.74. The molecule has 2 atom stereocenters. The number of hydrogen-bond acceptors (Lipinski definition) is 2. The lowest BCUT2D eigenvalue weighted by atomic mass is 10.3. The van der Waals surface area contributed by atoms with Crippen molar-refractivity contribution in [3.8, 4) is 0 Å². The van der Waals surface area contributed by atoms with Crippen LogP contribution in [0.5, 0.6) is 0 Å². The van der Waals surface area contributed by atoms with E-state index in [-0.39, 0.29) is 15.0 Å². The first-order valence-electron chi connectivity index (χ1n) is 4.57. The highest BCUT2D eigenvalue weighted by Crippen LogP contribution is 2.54. The van der Waals surface area contributed by atoms with E-state index in [9.17, 15) is 9.59 Å². The highest BCUT2D eigenvalue weighted by Gasteiger charge is 2.49. The lowest BCUT2D eigenvalue weighted by molar-refractivity contribution is 0.0694. The van der Waals surface area contributed by atoms with Crippen LogP contribution in [0.2, 0.25) is 0 Å². The van der Waals surface area contributed by atoms with Gasteiger partial charge in [0.25, 0.3) is 5.56 Å². The van der Waals surface area contributed by atoms with E-state index in [1.165, 1.54) is 10.6 Å². The number of aromatic carboxylic acids is 1. The van der Waals surface area contributed by atoms with E-state index in [2.05, 4.69) is 29.5 Å². The Morgan fingerprint density at radius 1 is 1.73 bits per heavy atom. The second-order valence-corrected chi connectivity index (χ2v) is 6.40. The van der Waals surface area contributed by atoms with Crippen molar-refractivity contribution in [3.63, 3.8) is 0 Å². The molecule has 5 heteroatoms. The summed E-state index contributed by atoms with van der Waals surface area (Å²) in [5.41, 5.74) is -0.563. The molecule has 1 N–H and O–H groups in total. The number of carboxylic acid groups (broad SMARTS) is 1. The van der Waals surface area contributed by atoms with Crippen molar-refractivity contribution in [2.75, 3.05) is 0 Å². The minimum Gasteiger partial charge on any atom is -0.477 e. The molecule has 0 aliphatic heterocycles. The van der Waals surface area contributed by atoms with E-state index in [1.54, 1.807) is 12.3 Å². The molecule has 1 aliphatic rings. The Hall–Kier alpha value is -0.850.